The van der Waals surface area contributed by atoms with Crippen molar-refractivity contribution in [2.24, 2.45) is 0 Å². The molecule has 2 atom stereocenters. The Morgan fingerprint density at radius 3 is 2.59 bits per heavy atom. The van der Waals surface area contributed by atoms with Crippen LogP contribution >= 0.6 is 0 Å². The normalized spacial score (nSPS) is 24.2. The first-order valence-electron chi connectivity index (χ1n) is 8.92. The highest BCUT2D eigenvalue weighted by Gasteiger charge is 2.54. The van der Waals surface area contributed by atoms with E-state index < -0.39 is 5.41 Å². The number of benzene rings is 2. The van der Waals surface area contributed by atoms with Crippen LogP contribution in [0.4, 0.5) is 10.1 Å². The van der Waals surface area contributed by atoms with Gasteiger partial charge in [-0.25, -0.2) is 4.39 Å². The molecule has 0 unspecified atom stereocenters. The molecule has 1 amide bonds. The molecule has 2 aromatic carbocycles. The van der Waals surface area contributed by atoms with Gasteiger partial charge in [-0.1, -0.05) is 12.1 Å². The number of halogens is 1. The van der Waals surface area contributed by atoms with Gasteiger partial charge in [0.05, 0.1) is 31.4 Å². The number of anilines is 1. The predicted molar refractivity (Wildman–Crippen MR) is 99.0 cm³/mol. The van der Waals surface area contributed by atoms with Gasteiger partial charge in [-0.2, -0.15) is 0 Å². The number of hydrogen-bond donors (Lipinski definition) is 0. The van der Waals surface area contributed by atoms with Gasteiger partial charge in [0.25, 0.3) is 0 Å². The van der Waals surface area contributed by atoms with Gasteiger partial charge in [-0.3, -0.25) is 4.79 Å². The first-order chi connectivity index (χ1) is 13.0. The molecule has 2 aliphatic rings. The molecule has 142 valence electrons. The maximum atomic E-state index is 13.4. The Hall–Kier alpha value is -2.60. The zero-order chi connectivity index (χ0) is 19.2. The predicted octanol–water partition coefficient (Wildman–Crippen LogP) is 3.61. The third-order valence-electron chi connectivity index (χ3n) is 5.69. The van der Waals surface area contributed by atoms with Crippen molar-refractivity contribution in [3.8, 4) is 11.5 Å². The number of nitrogens with zero attached hydrogens (tertiary/aromatic N) is 1. The van der Waals surface area contributed by atoms with Crippen molar-refractivity contribution in [1.29, 1.82) is 0 Å². The summed E-state index contributed by atoms with van der Waals surface area (Å²) in [5.41, 5.74) is 1.83. The van der Waals surface area contributed by atoms with E-state index in [2.05, 4.69) is 0 Å². The smallest absolute Gasteiger partial charge is 0.237 e. The lowest BCUT2D eigenvalue weighted by Crippen LogP contribution is -2.43. The Labute approximate surface area is 157 Å². The maximum absolute atomic E-state index is 13.4. The molecule has 4 rings (SSSR count). The van der Waals surface area contributed by atoms with Crippen LogP contribution in [0.3, 0.4) is 0 Å². The third-order valence-corrected chi connectivity index (χ3v) is 5.69. The van der Waals surface area contributed by atoms with E-state index in [9.17, 15) is 9.18 Å². The van der Waals surface area contributed by atoms with Crippen LogP contribution in [-0.4, -0.2) is 33.8 Å². The molecule has 2 heterocycles. The highest BCUT2D eigenvalue weighted by atomic mass is 19.1. The molecule has 0 bridgehead atoms. The minimum atomic E-state index is -0.723. The molecule has 5 nitrogen and oxygen atoms in total. The van der Waals surface area contributed by atoms with E-state index >= 15 is 0 Å². The SMILES string of the molecule is COc1cc(OC)c2c(c1)N(C)C(=O)[C@@]21CCO[C@@H](c2ccc(F)cc2)C1. The number of hydrogen-bond acceptors (Lipinski definition) is 4. The molecule has 1 spiro atoms. The number of likely N-dealkylation sites (N-methyl/N-ethyl adjacent to an activating group) is 1. The molecule has 1 fully saturated rings. The number of ether oxygens (including phenoxy) is 3. The molecule has 0 aliphatic carbocycles. The van der Waals surface area contributed by atoms with Crippen molar-refractivity contribution >= 4 is 11.6 Å². The lowest BCUT2D eigenvalue weighted by atomic mass is 9.71. The third kappa shape index (κ3) is 2.67. The number of carbonyl (C=O) groups is 1. The number of fused-ring (bicyclic) bond motifs is 2. The summed E-state index contributed by atoms with van der Waals surface area (Å²) in [7, 11) is 4.96. The highest BCUT2D eigenvalue weighted by Crippen LogP contribution is 2.55. The van der Waals surface area contributed by atoms with Gasteiger partial charge in [-0.15, -0.1) is 0 Å². The van der Waals surface area contributed by atoms with Gasteiger partial charge in [0.2, 0.25) is 5.91 Å². The second-order valence-corrected chi connectivity index (χ2v) is 7.04. The minimum Gasteiger partial charge on any atom is -0.497 e. The van der Waals surface area contributed by atoms with Crippen LogP contribution in [0.1, 0.15) is 30.1 Å². The summed E-state index contributed by atoms with van der Waals surface area (Å²) in [5, 5.41) is 0. The van der Waals surface area contributed by atoms with Crippen molar-refractivity contribution in [1.82, 2.24) is 0 Å². The van der Waals surface area contributed by atoms with Crippen LogP contribution in [0.2, 0.25) is 0 Å². The first-order valence-corrected chi connectivity index (χ1v) is 8.92. The molecule has 0 radical (unpaired) electrons. The maximum Gasteiger partial charge on any atom is 0.237 e. The summed E-state index contributed by atoms with van der Waals surface area (Å²) in [5.74, 6) is 1.02. The van der Waals surface area contributed by atoms with Crippen LogP contribution in [0.25, 0.3) is 0 Å². The minimum absolute atomic E-state index is 0.0273. The molecule has 0 aromatic heterocycles. The van der Waals surface area contributed by atoms with E-state index in [0.717, 1.165) is 16.8 Å². The van der Waals surface area contributed by atoms with Crippen molar-refractivity contribution in [3.63, 3.8) is 0 Å². The average Bonchev–Trinajstić information content (AvgIpc) is 2.90. The Morgan fingerprint density at radius 1 is 1.19 bits per heavy atom. The number of methoxy groups -OCH3 is 2. The van der Waals surface area contributed by atoms with Gasteiger partial charge in [0, 0.05) is 31.4 Å². The zero-order valence-electron chi connectivity index (χ0n) is 15.6. The monoisotopic (exact) mass is 371 g/mol. The molecule has 0 saturated carbocycles. The molecule has 2 aromatic rings. The molecular formula is C21H22FNO4. The van der Waals surface area contributed by atoms with E-state index in [1.165, 1.54) is 12.1 Å². The van der Waals surface area contributed by atoms with Crippen LogP contribution in [0.15, 0.2) is 36.4 Å². The summed E-state index contributed by atoms with van der Waals surface area (Å²) in [4.78, 5) is 15.0. The molecular weight excluding hydrogens is 349 g/mol. The summed E-state index contributed by atoms with van der Waals surface area (Å²) >= 11 is 0. The van der Waals surface area contributed by atoms with E-state index in [1.54, 1.807) is 38.3 Å². The first kappa shape index (κ1) is 17.8. The van der Waals surface area contributed by atoms with Crippen LogP contribution in [-0.2, 0) is 14.9 Å². The molecule has 6 heteroatoms. The fourth-order valence-electron chi connectivity index (χ4n) is 4.30. The van der Waals surface area contributed by atoms with Gasteiger partial charge in [0.1, 0.15) is 17.3 Å². The van der Waals surface area contributed by atoms with Crippen molar-refractivity contribution < 1.29 is 23.4 Å². The molecule has 27 heavy (non-hydrogen) atoms. The number of carbonyl (C=O) groups excluding carboxylic acids is 1. The van der Waals surface area contributed by atoms with Crippen LogP contribution < -0.4 is 14.4 Å². The summed E-state index contributed by atoms with van der Waals surface area (Å²) in [6, 6.07) is 9.95. The van der Waals surface area contributed by atoms with Gasteiger partial charge in [0.15, 0.2) is 0 Å². The van der Waals surface area contributed by atoms with Crippen molar-refractivity contribution in [2.45, 2.75) is 24.4 Å². The summed E-state index contributed by atoms with van der Waals surface area (Å²) in [6.07, 6.45) is 0.774. The molecule has 1 saturated heterocycles. The Morgan fingerprint density at radius 2 is 1.93 bits per heavy atom. The largest absolute Gasteiger partial charge is 0.497 e. The van der Waals surface area contributed by atoms with Crippen LogP contribution in [0, 0.1) is 5.82 Å². The highest BCUT2D eigenvalue weighted by molar-refractivity contribution is 6.09. The topological polar surface area (TPSA) is 48.0 Å². The second kappa shape index (κ2) is 6.53. The standard InChI is InChI=1S/C21H22FNO4/c1-23-16-10-15(25-2)11-17(26-3)19(16)21(20(23)24)8-9-27-18(12-21)13-4-6-14(22)7-5-13/h4-7,10-11,18H,8-9,12H2,1-3H3/t18-,21-/m1/s1. The van der Waals surface area contributed by atoms with Crippen molar-refractivity contribution in [2.75, 3.05) is 32.8 Å². The fraction of sp³-hybridized carbons (Fsp3) is 0.381. The second-order valence-electron chi connectivity index (χ2n) is 7.04. The Kier molecular flexibility index (Phi) is 4.30. The fourth-order valence-corrected chi connectivity index (χ4v) is 4.30. The Bertz CT molecular complexity index is 882. The van der Waals surface area contributed by atoms with Gasteiger partial charge >= 0.3 is 0 Å². The van der Waals surface area contributed by atoms with Gasteiger partial charge in [-0.05, 0) is 30.5 Å². The van der Waals surface area contributed by atoms with Crippen molar-refractivity contribution in [3.05, 3.63) is 53.3 Å². The van der Waals surface area contributed by atoms with E-state index in [0.29, 0.717) is 30.9 Å². The molecule has 2 aliphatic heterocycles. The van der Waals surface area contributed by atoms with E-state index in [1.807, 2.05) is 12.1 Å². The average molecular weight is 371 g/mol. The number of amides is 1. The van der Waals surface area contributed by atoms with Gasteiger partial charge < -0.3 is 19.1 Å². The lowest BCUT2D eigenvalue weighted by Gasteiger charge is -2.37. The zero-order valence-corrected chi connectivity index (χ0v) is 15.6. The van der Waals surface area contributed by atoms with Crippen LogP contribution in [0.5, 0.6) is 11.5 Å². The molecule has 0 N–H and O–H groups in total. The van der Waals surface area contributed by atoms with E-state index in [4.69, 9.17) is 14.2 Å². The van der Waals surface area contributed by atoms with E-state index in [-0.39, 0.29) is 17.8 Å². The quantitative estimate of drug-likeness (QED) is 0.827. The Balaban J connectivity index is 1.81. The lowest BCUT2D eigenvalue weighted by molar-refractivity contribution is -0.129. The summed E-state index contributed by atoms with van der Waals surface area (Å²) in [6.45, 7) is 0.441. The number of rotatable bonds is 3. The summed E-state index contributed by atoms with van der Waals surface area (Å²) < 4.78 is 30.2.